The van der Waals surface area contributed by atoms with Crippen LogP contribution >= 0.6 is 12.2 Å². The van der Waals surface area contributed by atoms with Crippen molar-refractivity contribution in [2.75, 3.05) is 26.2 Å². The molecule has 1 saturated carbocycles. The minimum absolute atomic E-state index is 0.264. The number of hydrogen-bond donors (Lipinski definition) is 1. The molecule has 1 saturated heterocycles. The Kier molecular flexibility index (Phi) is 5.90. The van der Waals surface area contributed by atoms with Crippen molar-refractivity contribution in [3.8, 4) is 0 Å². The number of hydrogen-bond acceptors (Lipinski definition) is 2. The van der Waals surface area contributed by atoms with Crippen LogP contribution in [-0.4, -0.2) is 47.1 Å². The van der Waals surface area contributed by atoms with Gasteiger partial charge in [0.1, 0.15) is 0 Å². The van der Waals surface area contributed by atoms with E-state index in [1.54, 1.807) is 0 Å². The lowest BCUT2D eigenvalue weighted by atomic mass is 9.94. The van der Waals surface area contributed by atoms with Crippen molar-refractivity contribution in [1.82, 2.24) is 15.1 Å². The van der Waals surface area contributed by atoms with Crippen molar-refractivity contribution in [3.63, 3.8) is 0 Å². The Balaban J connectivity index is 1.46. The minimum Gasteiger partial charge on any atom is -0.356 e. The summed E-state index contributed by atoms with van der Waals surface area (Å²) in [5, 5.41) is 4.41. The largest absolute Gasteiger partial charge is 0.356 e. The molecule has 1 unspecified atom stereocenters. The zero-order valence-corrected chi connectivity index (χ0v) is 15.0. The van der Waals surface area contributed by atoms with E-state index in [2.05, 4.69) is 52.4 Å². The molecule has 1 aliphatic carbocycles. The van der Waals surface area contributed by atoms with E-state index >= 15 is 0 Å². The molecular formula is C19H29N3S. The van der Waals surface area contributed by atoms with E-state index in [-0.39, 0.29) is 6.04 Å². The number of piperazine rings is 1. The molecule has 2 fully saturated rings. The molecule has 2 aliphatic rings. The zero-order chi connectivity index (χ0) is 16.1. The van der Waals surface area contributed by atoms with Gasteiger partial charge in [0.15, 0.2) is 5.11 Å². The van der Waals surface area contributed by atoms with Gasteiger partial charge in [-0.15, -0.1) is 0 Å². The highest BCUT2D eigenvalue weighted by Crippen LogP contribution is 2.23. The molecule has 3 rings (SSSR count). The molecule has 0 bridgehead atoms. The Bertz CT molecular complexity index is 491. The fourth-order valence-electron chi connectivity index (χ4n) is 3.84. The predicted octanol–water partition coefficient (Wildman–Crippen LogP) is 3.57. The molecule has 1 atom stereocenters. The number of rotatable bonds is 3. The maximum absolute atomic E-state index is 5.64. The van der Waals surface area contributed by atoms with E-state index in [1.807, 2.05) is 0 Å². The number of nitrogens with zero attached hydrogens (tertiary/aromatic N) is 2. The molecule has 126 valence electrons. The summed E-state index contributed by atoms with van der Waals surface area (Å²) in [7, 11) is 0. The van der Waals surface area contributed by atoms with Gasteiger partial charge in [0.25, 0.3) is 0 Å². The summed E-state index contributed by atoms with van der Waals surface area (Å²) in [6, 6.07) is 11.6. The van der Waals surface area contributed by atoms with Crippen molar-refractivity contribution in [1.29, 1.82) is 0 Å². The van der Waals surface area contributed by atoms with Crippen LogP contribution < -0.4 is 5.32 Å². The average molecular weight is 332 g/mol. The highest BCUT2D eigenvalue weighted by molar-refractivity contribution is 7.80. The fraction of sp³-hybridized carbons (Fsp3) is 0.632. The van der Waals surface area contributed by atoms with E-state index in [0.717, 1.165) is 37.3 Å². The summed E-state index contributed by atoms with van der Waals surface area (Å²) in [4.78, 5) is 5.03. The van der Waals surface area contributed by atoms with Crippen LogP contribution in [0.5, 0.6) is 0 Å². The normalized spacial score (nSPS) is 21.9. The molecular weight excluding hydrogens is 302 g/mol. The van der Waals surface area contributed by atoms with Crippen LogP contribution in [-0.2, 0) is 0 Å². The van der Waals surface area contributed by atoms with Gasteiger partial charge in [0.05, 0.1) is 6.04 Å². The Hall–Kier alpha value is -1.13. The average Bonchev–Trinajstić information content (AvgIpc) is 2.63. The van der Waals surface area contributed by atoms with Gasteiger partial charge < -0.3 is 10.2 Å². The van der Waals surface area contributed by atoms with Gasteiger partial charge in [-0.2, -0.15) is 0 Å². The van der Waals surface area contributed by atoms with E-state index in [9.17, 15) is 0 Å². The molecule has 23 heavy (non-hydrogen) atoms. The lowest BCUT2D eigenvalue weighted by molar-refractivity contribution is 0.106. The molecule has 1 N–H and O–H groups in total. The minimum atomic E-state index is 0.264. The second-order valence-electron chi connectivity index (χ2n) is 6.90. The summed E-state index contributed by atoms with van der Waals surface area (Å²) in [6.07, 6.45) is 7.06. The number of benzene rings is 1. The highest BCUT2D eigenvalue weighted by Gasteiger charge is 2.26. The SMILES string of the molecule is CC(NC(=S)N1CCN(C2CCCCC2)CC1)c1ccccc1. The summed E-state index contributed by atoms with van der Waals surface area (Å²) in [6.45, 7) is 6.62. The Labute approximate surface area is 146 Å². The van der Waals surface area contributed by atoms with Gasteiger partial charge in [-0.25, -0.2) is 0 Å². The highest BCUT2D eigenvalue weighted by atomic mass is 32.1. The second kappa shape index (κ2) is 8.11. The zero-order valence-electron chi connectivity index (χ0n) is 14.2. The van der Waals surface area contributed by atoms with Gasteiger partial charge in [-0.05, 0) is 37.5 Å². The van der Waals surface area contributed by atoms with Gasteiger partial charge >= 0.3 is 0 Å². The van der Waals surface area contributed by atoms with Crippen molar-refractivity contribution in [2.45, 2.75) is 51.1 Å². The first-order valence-corrected chi connectivity index (χ1v) is 9.49. The molecule has 1 heterocycles. The van der Waals surface area contributed by atoms with Crippen LogP contribution in [0, 0.1) is 0 Å². The molecule has 4 heteroatoms. The first-order valence-electron chi connectivity index (χ1n) is 9.08. The lowest BCUT2D eigenvalue weighted by Crippen LogP contribution is -2.54. The summed E-state index contributed by atoms with van der Waals surface area (Å²) < 4.78 is 0. The summed E-state index contributed by atoms with van der Waals surface area (Å²) in [5.74, 6) is 0. The van der Waals surface area contributed by atoms with Crippen molar-refractivity contribution in [3.05, 3.63) is 35.9 Å². The lowest BCUT2D eigenvalue weighted by Gasteiger charge is -2.41. The summed E-state index contributed by atoms with van der Waals surface area (Å²) in [5.41, 5.74) is 1.29. The van der Waals surface area contributed by atoms with Crippen LogP contribution in [0.2, 0.25) is 0 Å². The molecule has 1 aromatic rings. The van der Waals surface area contributed by atoms with Crippen LogP contribution in [0.25, 0.3) is 0 Å². The number of nitrogens with one attached hydrogen (secondary N) is 1. The van der Waals surface area contributed by atoms with E-state index < -0.39 is 0 Å². The fourth-order valence-corrected chi connectivity index (χ4v) is 4.20. The predicted molar refractivity (Wildman–Crippen MR) is 101 cm³/mol. The maximum atomic E-state index is 5.64. The van der Waals surface area contributed by atoms with Crippen molar-refractivity contribution in [2.24, 2.45) is 0 Å². The second-order valence-corrected chi connectivity index (χ2v) is 7.28. The Morgan fingerprint density at radius 2 is 1.70 bits per heavy atom. The van der Waals surface area contributed by atoms with E-state index in [1.165, 1.54) is 37.7 Å². The third-order valence-electron chi connectivity index (χ3n) is 5.33. The molecule has 3 nitrogen and oxygen atoms in total. The Morgan fingerprint density at radius 3 is 2.35 bits per heavy atom. The molecule has 0 amide bonds. The van der Waals surface area contributed by atoms with Gasteiger partial charge in [0.2, 0.25) is 0 Å². The monoisotopic (exact) mass is 331 g/mol. The standard InChI is InChI=1S/C19H29N3S/c1-16(17-8-4-2-5-9-17)20-19(23)22-14-12-21(13-15-22)18-10-6-3-7-11-18/h2,4-5,8-9,16,18H,3,6-7,10-15H2,1H3,(H,20,23). The molecule has 0 aromatic heterocycles. The third-order valence-corrected chi connectivity index (χ3v) is 5.71. The summed E-state index contributed by atoms with van der Waals surface area (Å²) >= 11 is 5.64. The first-order chi connectivity index (χ1) is 11.2. The van der Waals surface area contributed by atoms with Crippen LogP contribution in [0.3, 0.4) is 0 Å². The van der Waals surface area contributed by atoms with E-state index in [4.69, 9.17) is 12.2 Å². The Morgan fingerprint density at radius 1 is 1.04 bits per heavy atom. The third kappa shape index (κ3) is 4.45. The van der Waals surface area contributed by atoms with Gasteiger partial charge in [-0.3, -0.25) is 4.90 Å². The molecule has 0 radical (unpaired) electrons. The topological polar surface area (TPSA) is 18.5 Å². The smallest absolute Gasteiger partial charge is 0.169 e. The van der Waals surface area contributed by atoms with Gasteiger partial charge in [0, 0.05) is 32.2 Å². The maximum Gasteiger partial charge on any atom is 0.169 e. The van der Waals surface area contributed by atoms with Crippen LogP contribution in [0.15, 0.2) is 30.3 Å². The van der Waals surface area contributed by atoms with Gasteiger partial charge in [-0.1, -0.05) is 49.6 Å². The number of thiocarbonyl (C=S) groups is 1. The van der Waals surface area contributed by atoms with E-state index in [0.29, 0.717) is 0 Å². The van der Waals surface area contributed by atoms with Crippen molar-refractivity contribution < 1.29 is 0 Å². The quantitative estimate of drug-likeness (QED) is 0.853. The molecule has 1 aromatic carbocycles. The molecule has 1 aliphatic heterocycles. The van der Waals surface area contributed by atoms with Crippen molar-refractivity contribution >= 4 is 17.3 Å². The molecule has 0 spiro atoms. The van der Waals surface area contributed by atoms with Crippen LogP contribution in [0.4, 0.5) is 0 Å². The van der Waals surface area contributed by atoms with Crippen LogP contribution in [0.1, 0.15) is 50.6 Å². The first kappa shape index (κ1) is 16.7.